The number of methoxy groups -OCH3 is 1. The molecule has 7 heteroatoms. The van der Waals surface area contributed by atoms with Crippen molar-refractivity contribution >= 4 is 32.6 Å². The SMILES string of the molecule is CCc1cccc2sc(N(CC3CCCO3)C(=O)COc3ccc(OC)cc3)nc12. The summed E-state index contributed by atoms with van der Waals surface area (Å²) >= 11 is 1.54. The largest absolute Gasteiger partial charge is 0.497 e. The minimum absolute atomic E-state index is 0.0348. The van der Waals surface area contributed by atoms with Crippen molar-refractivity contribution in [2.24, 2.45) is 0 Å². The molecule has 4 rings (SSSR count). The molecule has 0 saturated carbocycles. The van der Waals surface area contributed by atoms with E-state index in [-0.39, 0.29) is 18.6 Å². The number of fused-ring (bicyclic) bond motifs is 1. The van der Waals surface area contributed by atoms with Gasteiger partial charge in [0.25, 0.3) is 5.91 Å². The summed E-state index contributed by atoms with van der Waals surface area (Å²) in [6.07, 6.45) is 2.91. The summed E-state index contributed by atoms with van der Waals surface area (Å²) in [5.74, 6) is 1.24. The molecule has 1 aromatic heterocycles. The van der Waals surface area contributed by atoms with Crippen LogP contribution in [-0.2, 0) is 16.0 Å². The maximum atomic E-state index is 13.1. The fraction of sp³-hybridized carbons (Fsp3) is 0.391. The average molecular weight is 427 g/mol. The van der Waals surface area contributed by atoms with Crippen LogP contribution in [0.2, 0.25) is 0 Å². The highest BCUT2D eigenvalue weighted by Gasteiger charge is 2.26. The molecule has 1 aliphatic rings. The van der Waals surface area contributed by atoms with Crippen LogP contribution in [0.4, 0.5) is 5.13 Å². The number of nitrogens with zero attached hydrogens (tertiary/aromatic N) is 2. The number of carbonyl (C=O) groups excluding carboxylic acids is 1. The standard InChI is InChI=1S/C23H26N2O4S/c1-3-16-6-4-8-20-22(16)24-23(30-20)25(14-19-7-5-13-28-19)21(26)15-29-18-11-9-17(27-2)10-12-18/h4,6,8-12,19H,3,5,7,13-15H2,1-2H3. The van der Waals surface area contributed by atoms with E-state index in [0.29, 0.717) is 17.4 Å². The first-order valence-electron chi connectivity index (χ1n) is 10.2. The molecule has 1 amide bonds. The van der Waals surface area contributed by atoms with Crippen LogP contribution in [0.5, 0.6) is 11.5 Å². The van der Waals surface area contributed by atoms with Gasteiger partial charge in [0.05, 0.1) is 30.0 Å². The summed E-state index contributed by atoms with van der Waals surface area (Å²) in [5.41, 5.74) is 2.16. The molecule has 0 spiro atoms. The van der Waals surface area contributed by atoms with Crippen LogP contribution in [0.3, 0.4) is 0 Å². The van der Waals surface area contributed by atoms with E-state index in [0.717, 1.165) is 41.8 Å². The number of benzene rings is 2. The molecule has 2 heterocycles. The number of hydrogen-bond acceptors (Lipinski definition) is 6. The van der Waals surface area contributed by atoms with Gasteiger partial charge in [-0.3, -0.25) is 9.69 Å². The molecule has 6 nitrogen and oxygen atoms in total. The van der Waals surface area contributed by atoms with Crippen LogP contribution in [-0.4, -0.2) is 43.9 Å². The van der Waals surface area contributed by atoms with Crippen molar-refractivity contribution in [2.75, 3.05) is 31.8 Å². The van der Waals surface area contributed by atoms with Gasteiger partial charge in [-0.2, -0.15) is 0 Å². The van der Waals surface area contributed by atoms with Crippen molar-refractivity contribution in [1.29, 1.82) is 0 Å². The number of carbonyl (C=O) groups is 1. The number of rotatable bonds is 8. The van der Waals surface area contributed by atoms with Gasteiger partial charge in [-0.15, -0.1) is 0 Å². The highest BCUT2D eigenvalue weighted by Crippen LogP contribution is 2.32. The molecular formula is C23H26N2O4S. The number of thiazole rings is 1. The van der Waals surface area contributed by atoms with Gasteiger partial charge in [0.15, 0.2) is 11.7 Å². The summed E-state index contributed by atoms with van der Waals surface area (Å²) in [4.78, 5) is 19.7. The number of hydrogen-bond donors (Lipinski definition) is 0. The number of para-hydroxylation sites is 1. The number of anilines is 1. The van der Waals surface area contributed by atoms with Gasteiger partial charge < -0.3 is 14.2 Å². The Hall–Kier alpha value is -2.64. The zero-order valence-electron chi connectivity index (χ0n) is 17.3. The predicted octanol–water partition coefficient (Wildman–Crippen LogP) is 4.46. The van der Waals surface area contributed by atoms with Crippen molar-refractivity contribution in [3.63, 3.8) is 0 Å². The summed E-state index contributed by atoms with van der Waals surface area (Å²) in [7, 11) is 1.62. The van der Waals surface area contributed by atoms with E-state index in [1.165, 1.54) is 16.9 Å². The number of amides is 1. The van der Waals surface area contributed by atoms with E-state index >= 15 is 0 Å². The highest BCUT2D eigenvalue weighted by molar-refractivity contribution is 7.22. The van der Waals surface area contributed by atoms with Gasteiger partial charge in [-0.05, 0) is 55.2 Å². The zero-order chi connectivity index (χ0) is 20.9. The Morgan fingerprint density at radius 1 is 1.23 bits per heavy atom. The van der Waals surface area contributed by atoms with E-state index in [4.69, 9.17) is 19.2 Å². The normalized spacial score (nSPS) is 16.0. The monoisotopic (exact) mass is 426 g/mol. The van der Waals surface area contributed by atoms with Crippen molar-refractivity contribution < 1.29 is 19.0 Å². The molecule has 0 N–H and O–H groups in total. The summed E-state index contributed by atoms with van der Waals surface area (Å²) in [5, 5.41) is 0.699. The molecule has 2 aromatic carbocycles. The van der Waals surface area contributed by atoms with Gasteiger partial charge in [0.1, 0.15) is 11.5 Å². The molecule has 1 fully saturated rings. The van der Waals surface area contributed by atoms with Gasteiger partial charge in [-0.25, -0.2) is 4.98 Å². The van der Waals surface area contributed by atoms with E-state index in [9.17, 15) is 4.79 Å². The second kappa shape index (κ2) is 9.45. The fourth-order valence-electron chi connectivity index (χ4n) is 3.57. The Balaban J connectivity index is 1.54. The fourth-order valence-corrected chi connectivity index (χ4v) is 4.61. The molecule has 1 unspecified atom stereocenters. The summed E-state index contributed by atoms with van der Waals surface area (Å²) in [6, 6.07) is 13.4. The smallest absolute Gasteiger partial charge is 0.266 e. The maximum Gasteiger partial charge on any atom is 0.266 e. The third kappa shape index (κ3) is 4.57. The van der Waals surface area contributed by atoms with E-state index < -0.39 is 0 Å². The Morgan fingerprint density at radius 3 is 2.73 bits per heavy atom. The van der Waals surface area contributed by atoms with Gasteiger partial charge in [0.2, 0.25) is 0 Å². The minimum atomic E-state index is -0.126. The molecular weight excluding hydrogens is 400 g/mol. The van der Waals surface area contributed by atoms with Gasteiger partial charge in [0, 0.05) is 6.61 Å². The van der Waals surface area contributed by atoms with Crippen molar-refractivity contribution in [1.82, 2.24) is 4.98 Å². The molecule has 0 bridgehead atoms. The highest BCUT2D eigenvalue weighted by atomic mass is 32.1. The molecule has 30 heavy (non-hydrogen) atoms. The second-order valence-corrected chi connectivity index (χ2v) is 8.23. The molecule has 3 aromatic rings. The maximum absolute atomic E-state index is 13.1. The lowest BCUT2D eigenvalue weighted by atomic mass is 10.1. The molecule has 0 radical (unpaired) electrons. The minimum Gasteiger partial charge on any atom is -0.497 e. The summed E-state index contributed by atoms with van der Waals surface area (Å²) < 4.78 is 17.8. The Kier molecular flexibility index (Phi) is 6.50. The Bertz CT molecular complexity index is 996. The lowest BCUT2D eigenvalue weighted by molar-refractivity contribution is -0.120. The molecule has 1 aliphatic heterocycles. The first kappa shape index (κ1) is 20.6. The van der Waals surface area contributed by atoms with Gasteiger partial charge in [-0.1, -0.05) is 30.4 Å². The summed E-state index contributed by atoms with van der Waals surface area (Å²) in [6.45, 7) is 3.29. The van der Waals surface area contributed by atoms with E-state index in [1.54, 1.807) is 24.1 Å². The number of aromatic nitrogens is 1. The van der Waals surface area contributed by atoms with Crippen LogP contribution in [0.15, 0.2) is 42.5 Å². The van der Waals surface area contributed by atoms with Crippen molar-refractivity contribution in [3.05, 3.63) is 48.0 Å². The average Bonchev–Trinajstić information content (AvgIpc) is 3.45. The third-order valence-electron chi connectivity index (χ3n) is 5.24. The topological polar surface area (TPSA) is 60.9 Å². The van der Waals surface area contributed by atoms with Crippen LogP contribution < -0.4 is 14.4 Å². The van der Waals surface area contributed by atoms with Gasteiger partial charge >= 0.3 is 0 Å². The number of aryl methyl sites for hydroxylation is 1. The van der Waals surface area contributed by atoms with Crippen LogP contribution in [0.25, 0.3) is 10.2 Å². The lowest BCUT2D eigenvalue weighted by Gasteiger charge is -2.23. The van der Waals surface area contributed by atoms with Crippen LogP contribution in [0.1, 0.15) is 25.3 Å². The Morgan fingerprint density at radius 2 is 2.03 bits per heavy atom. The van der Waals surface area contributed by atoms with Crippen LogP contribution in [0, 0.1) is 0 Å². The van der Waals surface area contributed by atoms with Crippen molar-refractivity contribution in [3.8, 4) is 11.5 Å². The molecule has 158 valence electrons. The molecule has 1 atom stereocenters. The lowest BCUT2D eigenvalue weighted by Crippen LogP contribution is -2.40. The van der Waals surface area contributed by atoms with Crippen molar-refractivity contribution in [2.45, 2.75) is 32.3 Å². The van der Waals surface area contributed by atoms with E-state index in [2.05, 4.69) is 19.1 Å². The molecule has 0 aliphatic carbocycles. The van der Waals surface area contributed by atoms with Crippen LogP contribution >= 0.6 is 11.3 Å². The zero-order valence-corrected chi connectivity index (χ0v) is 18.1. The number of ether oxygens (including phenoxy) is 3. The second-order valence-electron chi connectivity index (χ2n) is 7.22. The predicted molar refractivity (Wildman–Crippen MR) is 119 cm³/mol. The first-order valence-corrected chi connectivity index (χ1v) is 11.1. The quantitative estimate of drug-likeness (QED) is 0.532. The van der Waals surface area contributed by atoms with E-state index in [1.807, 2.05) is 18.2 Å². The third-order valence-corrected chi connectivity index (χ3v) is 6.28. The Labute approximate surface area is 180 Å². The molecule has 1 saturated heterocycles. The first-order chi connectivity index (χ1) is 14.7.